The minimum atomic E-state index is -0.420. The van der Waals surface area contributed by atoms with Gasteiger partial charge in [0.05, 0.1) is 11.1 Å². The average Bonchev–Trinajstić information content (AvgIpc) is 3.12. The van der Waals surface area contributed by atoms with Gasteiger partial charge in [-0.05, 0) is 18.1 Å². The van der Waals surface area contributed by atoms with Crippen molar-refractivity contribution in [2.24, 2.45) is 0 Å². The van der Waals surface area contributed by atoms with Gasteiger partial charge in [0.1, 0.15) is 4.88 Å². The first-order valence-electron chi connectivity index (χ1n) is 6.83. The lowest BCUT2D eigenvalue weighted by Crippen LogP contribution is -2.24. The van der Waals surface area contributed by atoms with Crippen LogP contribution in [0.4, 0.5) is 10.8 Å². The van der Waals surface area contributed by atoms with Crippen LogP contribution in [0.1, 0.15) is 27.7 Å². The number of carbonyl (C=O) groups is 1. The zero-order chi connectivity index (χ0) is 15.7. The summed E-state index contributed by atoms with van der Waals surface area (Å²) in [5.74, 6) is -0.0968. The van der Waals surface area contributed by atoms with Gasteiger partial charge in [-0.15, -0.1) is 0 Å². The molecule has 1 aliphatic heterocycles. The van der Waals surface area contributed by atoms with E-state index in [1.165, 1.54) is 17.4 Å². The van der Waals surface area contributed by atoms with Gasteiger partial charge in [-0.2, -0.15) is 0 Å². The van der Waals surface area contributed by atoms with Crippen molar-refractivity contribution in [2.75, 3.05) is 11.9 Å². The fraction of sp³-hybridized carbons (Fsp3) is 0.286. The fourth-order valence-corrected chi connectivity index (χ4v) is 3.25. The first-order chi connectivity index (χ1) is 10.6. The van der Waals surface area contributed by atoms with Crippen LogP contribution in [0.15, 0.2) is 24.4 Å². The van der Waals surface area contributed by atoms with E-state index >= 15 is 0 Å². The molecular formula is C14H14N4O3S. The number of hydrogen-bond acceptors (Lipinski definition) is 6. The number of benzene rings is 1. The summed E-state index contributed by atoms with van der Waals surface area (Å²) < 4.78 is 0. The Balaban J connectivity index is 1.76. The molecule has 1 N–H and O–H groups in total. The Labute approximate surface area is 130 Å². The standard InChI is InChI=1S/C14H14N4O3S/c1-2-15-14-16-6-12(22-14)13(19)17-7-9-3-4-11(18(20)21)5-10(9)8-17/h3-6H,2,7-8H2,1H3,(H,15,16). The minimum Gasteiger partial charge on any atom is -0.362 e. The molecule has 0 saturated carbocycles. The smallest absolute Gasteiger partial charge is 0.269 e. The van der Waals surface area contributed by atoms with Crippen LogP contribution in [-0.2, 0) is 13.1 Å². The third-order valence-electron chi connectivity index (χ3n) is 3.45. The van der Waals surface area contributed by atoms with Crippen molar-refractivity contribution < 1.29 is 9.72 Å². The van der Waals surface area contributed by atoms with Gasteiger partial charge < -0.3 is 10.2 Å². The molecule has 0 saturated heterocycles. The number of thiazole rings is 1. The van der Waals surface area contributed by atoms with Crippen LogP contribution in [0.25, 0.3) is 0 Å². The molecule has 1 amide bonds. The van der Waals surface area contributed by atoms with Gasteiger partial charge in [0.2, 0.25) is 0 Å². The van der Waals surface area contributed by atoms with Gasteiger partial charge in [0.25, 0.3) is 11.6 Å². The maximum absolute atomic E-state index is 12.5. The van der Waals surface area contributed by atoms with Gasteiger partial charge in [0, 0.05) is 31.8 Å². The molecule has 3 rings (SSSR count). The highest BCUT2D eigenvalue weighted by atomic mass is 32.1. The number of anilines is 1. The molecule has 1 aliphatic rings. The molecule has 1 aromatic heterocycles. The number of nitrogens with zero attached hydrogens (tertiary/aromatic N) is 3. The van der Waals surface area contributed by atoms with E-state index in [2.05, 4.69) is 10.3 Å². The summed E-state index contributed by atoms with van der Waals surface area (Å²) in [4.78, 5) is 29.3. The number of nitro benzene ring substituents is 1. The summed E-state index contributed by atoms with van der Waals surface area (Å²) in [6.07, 6.45) is 1.57. The second kappa shape index (κ2) is 5.72. The lowest BCUT2D eigenvalue weighted by Gasteiger charge is -2.13. The van der Waals surface area contributed by atoms with Crippen molar-refractivity contribution in [3.63, 3.8) is 0 Å². The third-order valence-corrected chi connectivity index (χ3v) is 4.40. The molecule has 22 heavy (non-hydrogen) atoms. The molecule has 8 heteroatoms. The van der Waals surface area contributed by atoms with E-state index < -0.39 is 4.92 Å². The van der Waals surface area contributed by atoms with Gasteiger partial charge in [0.15, 0.2) is 5.13 Å². The van der Waals surface area contributed by atoms with Crippen molar-refractivity contribution in [1.29, 1.82) is 0 Å². The number of non-ortho nitro benzene ring substituents is 1. The highest BCUT2D eigenvalue weighted by molar-refractivity contribution is 7.17. The molecule has 0 aliphatic carbocycles. The molecule has 0 atom stereocenters. The number of nitro groups is 1. The Kier molecular flexibility index (Phi) is 3.76. The number of fused-ring (bicyclic) bond motifs is 1. The summed E-state index contributed by atoms with van der Waals surface area (Å²) in [5.41, 5.74) is 1.84. The monoisotopic (exact) mass is 318 g/mol. The zero-order valence-corrected chi connectivity index (χ0v) is 12.7. The fourth-order valence-electron chi connectivity index (χ4n) is 2.40. The van der Waals surface area contributed by atoms with Crippen LogP contribution in [0.2, 0.25) is 0 Å². The predicted octanol–water partition coefficient (Wildman–Crippen LogP) is 2.64. The molecule has 7 nitrogen and oxygen atoms in total. The molecule has 0 bridgehead atoms. The maximum Gasteiger partial charge on any atom is 0.269 e. The molecule has 114 valence electrons. The van der Waals surface area contributed by atoms with Crippen molar-refractivity contribution >= 4 is 28.1 Å². The Morgan fingerprint density at radius 3 is 2.95 bits per heavy atom. The maximum atomic E-state index is 12.5. The van der Waals surface area contributed by atoms with Gasteiger partial charge in [-0.1, -0.05) is 17.4 Å². The van der Waals surface area contributed by atoms with E-state index in [9.17, 15) is 14.9 Å². The van der Waals surface area contributed by atoms with E-state index in [-0.39, 0.29) is 11.6 Å². The minimum absolute atomic E-state index is 0.0558. The second-order valence-corrected chi connectivity index (χ2v) is 5.96. The van der Waals surface area contributed by atoms with E-state index in [0.29, 0.717) is 18.0 Å². The lowest BCUT2D eigenvalue weighted by atomic mass is 10.1. The number of hydrogen-bond donors (Lipinski definition) is 1. The molecular weight excluding hydrogens is 304 g/mol. The van der Waals surface area contributed by atoms with Crippen LogP contribution in [0.3, 0.4) is 0 Å². The quantitative estimate of drug-likeness (QED) is 0.691. The molecule has 2 heterocycles. The third kappa shape index (κ3) is 2.64. The number of amides is 1. The van der Waals surface area contributed by atoms with Crippen LogP contribution >= 0.6 is 11.3 Å². The number of nitrogens with one attached hydrogen (secondary N) is 1. The molecule has 0 fully saturated rings. The Morgan fingerprint density at radius 1 is 1.45 bits per heavy atom. The zero-order valence-electron chi connectivity index (χ0n) is 11.9. The van der Waals surface area contributed by atoms with Crippen LogP contribution in [0.5, 0.6) is 0 Å². The largest absolute Gasteiger partial charge is 0.362 e. The van der Waals surface area contributed by atoms with Crippen molar-refractivity contribution in [3.8, 4) is 0 Å². The van der Waals surface area contributed by atoms with Crippen LogP contribution in [-0.4, -0.2) is 27.3 Å². The van der Waals surface area contributed by atoms with Gasteiger partial charge in [-0.25, -0.2) is 4.98 Å². The molecule has 0 spiro atoms. The predicted molar refractivity (Wildman–Crippen MR) is 83.0 cm³/mol. The first-order valence-corrected chi connectivity index (χ1v) is 7.65. The SMILES string of the molecule is CCNc1ncc(C(=O)N2Cc3ccc([N+](=O)[O-])cc3C2)s1. The number of aromatic nitrogens is 1. The lowest BCUT2D eigenvalue weighted by molar-refractivity contribution is -0.384. The second-order valence-electron chi connectivity index (χ2n) is 4.93. The first kappa shape index (κ1) is 14.5. The van der Waals surface area contributed by atoms with E-state index in [1.54, 1.807) is 23.2 Å². The van der Waals surface area contributed by atoms with Gasteiger partial charge in [-0.3, -0.25) is 14.9 Å². The summed E-state index contributed by atoms with van der Waals surface area (Å²) in [6.45, 7) is 3.58. The highest BCUT2D eigenvalue weighted by Gasteiger charge is 2.27. The van der Waals surface area contributed by atoms with Crippen LogP contribution < -0.4 is 5.32 Å². The normalized spacial score (nSPS) is 13.0. The van der Waals surface area contributed by atoms with Crippen molar-refractivity contribution in [3.05, 3.63) is 50.5 Å². The van der Waals surface area contributed by atoms with E-state index in [0.717, 1.165) is 22.8 Å². The summed E-state index contributed by atoms with van der Waals surface area (Å²) >= 11 is 1.32. The molecule has 0 unspecified atom stereocenters. The van der Waals surface area contributed by atoms with Gasteiger partial charge >= 0.3 is 0 Å². The van der Waals surface area contributed by atoms with Crippen molar-refractivity contribution in [1.82, 2.24) is 9.88 Å². The average molecular weight is 318 g/mol. The highest BCUT2D eigenvalue weighted by Crippen LogP contribution is 2.29. The summed E-state index contributed by atoms with van der Waals surface area (Å²) in [7, 11) is 0. The topological polar surface area (TPSA) is 88.4 Å². The Morgan fingerprint density at radius 2 is 2.23 bits per heavy atom. The number of carbonyl (C=O) groups excluding carboxylic acids is 1. The Bertz CT molecular complexity index is 743. The molecule has 2 aromatic rings. The number of rotatable bonds is 4. The summed E-state index contributed by atoms with van der Waals surface area (Å²) in [5, 5.41) is 14.6. The van der Waals surface area contributed by atoms with Crippen LogP contribution in [0, 0.1) is 10.1 Å². The van der Waals surface area contributed by atoms with E-state index in [1.807, 2.05) is 6.92 Å². The Hall–Kier alpha value is -2.48. The molecule has 1 aromatic carbocycles. The molecule has 0 radical (unpaired) electrons. The summed E-state index contributed by atoms with van der Waals surface area (Å²) in [6, 6.07) is 4.74. The van der Waals surface area contributed by atoms with E-state index in [4.69, 9.17) is 0 Å². The van der Waals surface area contributed by atoms with Crippen molar-refractivity contribution in [2.45, 2.75) is 20.0 Å².